The molecule has 0 aromatic heterocycles. The molecule has 1 N–H and O–H groups in total. The Kier molecular flexibility index (Phi) is 5.84. The molecule has 1 saturated heterocycles. The molecule has 0 aromatic rings. The van der Waals surface area contributed by atoms with Crippen LogP contribution in [0.3, 0.4) is 0 Å². The maximum absolute atomic E-state index is 5.55. The van der Waals surface area contributed by atoms with Gasteiger partial charge in [-0.15, -0.1) is 0 Å². The molecule has 0 aromatic carbocycles. The molecule has 0 spiro atoms. The second kappa shape index (κ2) is 7.21. The first kappa shape index (κ1) is 16.2. The Balaban J connectivity index is 1.86. The van der Waals surface area contributed by atoms with Crippen LogP contribution >= 0.6 is 0 Å². The van der Waals surface area contributed by atoms with E-state index >= 15 is 0 Å². The molecule has 20 heavy (non-hydrogen) atoms. The van der Waals surface area contributed by atoms with E-state index in [2.05, 4.69) is 24.1 Å². The van der Waals surface area contributed by atoms with E-state index in [0.29, 0.717) is 5.41 Å². The summed E-state index contributed by atoms with van der Waals surface area (Å²) in [7, 11) is 3.58. The summed E-state index contributed by atoms with van der Waals surface area (Å²) < 4.78 is 11.1. The van der Waals surface area contributed by atoms with Crippen molar-refractivity contribution in [1.29, 1.82) is 0 Å². The van der Waals surface area contributed by atoms with E-state index in [4.69, 9.17) is 9.47 Å². The van der Waals surface area contributed by atoms with E-state index in [0.717, 1.165) is 32.2 Å². The van der Waals surface area contributed by atoms with Gasteiger partial charge in [-0.05, 0) is 24.7 Å². The topological polar surface area (TPSA) is 33.7 Å². The van der Waals surface area contributed by atoms with Crippen LogP contribution in [0.5, 0.6) is 0 Å². The highest BCUT2D eigenvalue weighted by molar-refractivity contribution is 4.91. The molecule has 1 aliphatic heterocycles. The summed E-state index contributed by atoms with van der Waals surface area (Å²) in [5, 5.41) is 3.72. The lowest BCUT2D eigenvalue weighted by molar-refractivity contribution is -0.00461. The maximum Gasteiger partial charge on any atom is 0.0971 e. The predicted octanol–water partition coefficient (Wildman–Crippen LogP) is 1.89. The molecule has 1 heterocycles. The van der Waals surface area contributed by atoms with E-state index < -0.39 is 0 Å². The molecule has 118 valence electrons. The predicted molar refractivity (Wildman–Crippen MR) is 82.1 cm³/mol. The first-order chi connectivity index (χ1) is 9.60. The zero-order chi connectivity index (χ0) is 14.6. The Bertz CT molecular complexity index is 284. The van der Waals surface area contributed by atoms with Crippen LogP contribution in [-0.4, -0.2) is 63.5 Å². The molecule has 1 saturated carbocycles. The summed E-state index contributed by atoms with van der Waals surface area (Å²) >= 11 is 0. The lowest BCUT2D eigenvalue weighted by Crippen LogP contribution is -2.42. The zero-order valence-electron chi connectivity index (χ0n) is 13.7. The smallest absolute Gasteiger partial charge is 0.0971 e. The molecule has 3 unspecified atom stereocenters. The van der Waals surface area contributed by atoms with Crippen LogP contribution < -0.4 is 5.32 Å². The van der Waals surface area contributed by atoms with Crippen LogP contribution in [-0.2, 0) is 9.47 Å². The second-order valence-electron chi connectivity index (χ2n) is 6.96. The number of hydrogen-bond acceptors (Lipinski definition) is 4. The largest absolute Gasteiger partial charge is 0.377 e. The highest BCUT2D eigenvalue weighted by Crippen LogP contribution is 2.29. The molecule has 4 nitrogen and oxygen atoms in total. The molecule has 2 aliphatic rings. The molecule has 2 fully saturated rings. The number of ether oxygens (including phenoxy) is 2. The van der Waals surface area contributed by atoms with Gasteiger partial charge in [0.05, 0.1) is 12.2 Å². The molecule has 0 radical (unpaired) electrons. The van der Waals surface area contributed by atoms with Crippen molar-refractivity contribution in [3.8, 4) is 0 Å². The highest BCUT2D eigenvalue weighted by Gasteiger charge is 2.37. The van der Waals surface area contributed by atoms with Crippen LogP contribution in [0, 0.1) is 5.41 Å². The molecule has 0 amide bonds. The van der Waals surface area contributed by atoms with Crippen LogP contribution in [0.15, 0.2) is 0 Å². The fraction of sp³-hybridized carbons (Fsp3) is 1.00. The molecule has 3 atom stereocenters. The van der Waals surface area contributed by atoms with Gasteiger partial charge in [0.1, 0.15) is 0 Å². The van der Waals surface area contributed by atoms with Crippen LogP contribution in [0.4, 0.5) is 0 Å². The standard InChI is InChI=1S/C16H32N2O2/c1-5-8-16(2,11-17-13-6-7-13)12-18-9-14(19-3)15(10-18)20-4/h13-15,17H,5-12H2,1-4H3. The van der Waals surface area contributed by atoms with E-state index in [1.54, 1.807) is 14.2 Å². The van der Waals surface area contributed by atoms with Gasteiger partial charge in [-0.2, -0.15) is 0 Å². The monoisotopic (exact) mass is 284 g/mol. The van der Waals surface area contributed by atoms with Crippen molar-refractivity contribution < 1.29 is 9.47 Å². The molecular formula is C16H32N2O2. The number of likely N-dealkylation sites (tertiary alicyclic amines) is 1. The molecule has 2 rings (SSSR count). The van der Waals surface area contributed by atoms with E-state index in [1.165, 1.54) is 25.7 Å². The Morgan fingerprint density at radius 3 is 2.20 bits per heavy atom. The van der Waals surface area contributed by atoms with Crippen molar-refractivity contribution in [1.82, 2.24) is 10.2 Å². The average Bonchev–Trinajstić information content (AvgIpc) is 3.17. The van der Waals surface area contributed by atoms with Gasteiger partial charge in [0, 0.05) is 46.4 Å². The third-order valence-corrected chi connectivity index (χ3v) is 4.75. The summed E-state index contributed by atoms with van der Waals surface area (Å²) in [6.45, 7) is 8.98. The van der Waals surface area contributed by atoms with Crippen molar-refractivity contribution in [2.45, 2.75) is 57.8 Å². The Morgan fingerprint density at radius 1 is 1.15 bits per heavy atom. The van der Waals surface area contributed by atoms with Gasteiger partial charge in [-0.1, -0.05) is 20.3 Å². The molecule has 1 aliphatic carbocycles. The second-order valence-corrected chi connectivity index (χ2v) is 6.96. The van der Waals surface area contributed by atoms with Gasteiger partial charge in [0.25, 0.3) is 0 Å². The van der Waals surface area contributed by atoms with Gasteiger partial charge in [0.2, 0.25) is 0 Å². The van der Waals surface area contributed by atoms with Crippen LogP contribution in [0.2, 0.25) is 0 Å². The summed E-state index contributed by atoms with van der Waals surface area (Å²) in [5.74, 6) is 0. The fourth-order valence-corrected chi connectivity index (χ4v) is 3.45. The Hall–Kier alpha value is -0.160. The summed E-state index contributed by atoms with van der Waals surface area (Å²) in [6.07, 6.45) is 5.70. The van der Waals surface area contributed by atoms with Crippen molar-refractivity contribution in [3.63, 3.8) is 0 Å². The highest BCUT2D eigenvalue weighted by atomic mass is 16.5. The zero-order valence-corrected chi connectivity index (χ0v) is 13.7. The van der Waals surface area contributed by atoms with Gasteiger partial charge in [-0.3, -0.25) is 4.90 Å². The van der Waals surface area contributed by atoms with Crippen LogP contribution in [0.1, 0.15) is 39.5 Å². The number of nitrogens with zero attached hydrogens (tertiary/aromatic N) is 1. The SMILES string of the molecule is CCCC(C)(CNC1CC1)CN1CC(OC)C(OC)C1. The Labute approximate surface area is 124 Å². The van der Waals surface area contributed by atoms with Gasteiger partial charge >= 0.3 is 0 Å². The summed E-state index contributed by atoms with van der Waals surface area (Å²) in [5.41, 5.74) is 0.359. The first-order valence-electron chi connectivity index (χ1n) is 8.11. The number of rotatable bonds is 9. The minimum Gasteiger partial charge on any atom is -0.377 e. The third kappa shape index (κ3) is 4.42. The Morgan fingerprint density at radius 2 is 1.75 bits per heavy atom. The van der Waals surface area contributed by atoms with E-state index in [9.17, 15) is 0 Å². The van der Waals surface area contributed by atoms with Gasteiger partial charge in [0.15, 0.2) is 0 Å². The van der Waals surface area contributed by atoms with E-state index in [-0.39, 0.29) is 12.2 Å². The van der Waals surface area contributed by atoms with E-state index in [1.807, 2.05) is 0 Å². The number of methoxy groups -OCH3 is 2. The van der Waals surface area contributed by atoms with Gasteiger partial charge in [-0.25, -0.2) is 0 Å². The maximum atomic E-state index is 5.55. The average molecular weight is 284 g/mol. The number of hydrogen-bond donors (Lipinski definition) is 1. The van der Waals surface area contributed by atoms with Crippen molar-refractivity contribution in [3.05, 3.63) is 0 Å². The third-order valence-electron chi connectivity index (χ3n) is 4.75. The minimum absolute atomic E-state index is 0.224. The van der Waals surface area contributed by atoms with Crippen molar-refractivity contribution in [2.24, 2.45) is 5.41 Å². The van der Waals surface area contributed by atoms with Gasteiger partial charge < -0.3 is 14.8 Å². The molecule has 4 heteroatoms. The molecular weight excluding hydrogens is 252 g/mol. The summed E-state index contributed by atoms with van der Waals surface area (Å²) in [6, 6.07) is 0.795. The van der Waals surface area contributed by atoms with Crippen LogP contribution in [0.25, 0.3) is 0 Å². The fourth-order valence-electron chi connectivity index (χ4n) is 3.45. The van der Waals surface area contributed by atoms with Crippen molar-refractivity contribution in [2.75, 3.05) is 40.4 Å². The lowest BCUT2D eigenvalue weighted by Gasteiger charge is -2.34. The summed E-state index contributed by atoms with van der Waals surface area (Å²) in [4.78, 5) is 2.52. The van der Waals surface area contributed by atoms with Crippen molar-refractivity contribution >= 4 is 0 Å². The normalized spacial score (nSPS) is 30.6. The first-order valence-corrected chi connectivity index (χ1v) is 8.11. The minimum atomic E-state index is 0.224. The lowest BCUT2D eigenvalue weighted by atomic mass is 9.84. The quantitative estimate of drug-likeness (QED) is 0.701. The molecule has 0 bridgehead atoms. The number of nitrogens with one attached hydrogen (secondary N) is 1.